The van der Waals surface area contributed by atoms with Crippen molar-refractivity contribution in [2.45, 2.75) is 69.1 Å². The van der Waals surface area contributed by atoms with E-state index >= 15 is 0 Å². The summed E-state index contributed by atoms with van der Waals surface area (Å²) in [7, 11) is -3.17. The number of nitrogens with zero attached hydrogens (tertiary/aromatic N) is 2. The zero-order chi connectivity index (χ0) is 20.6. The predicted octanol–water partition coefficient (Wildman–Crippen LogP) is 0.436. The number of amides is 4. The van der Waals surface area contributed by atoms with Crippen LogP contribution in [0.1, 0.15) is 51.4 Å². The standard InChI is InChI=1S/C19H29N3O6S/c23-16(12-22-17(24)19(20-18(22)25)7-2-1-3-8-19)21(11-15-5-4-9-28-15)14-6-10-29(26,27)13-14/h14-15H,1-13H2,(H,20,25)/t14-,15+/m0/s1. The van der Waals surface area contributed by atoms with E-state index in [9.17, 15) is 22.8 Å². The van der Waals surface area contributed by atoms with Gasteiger partial charge in [-0.2, -0.15) is 0 Å². The summed E-state index contributed by atoms with van der Waals surface area (Å²) in [4.78, 5) is 41.2. The molecular weight excluding hydrogens is 398 g/mol. The first-order valence-electron chi connectivity index (χ1n) is 10.6. The molecule has 1 N–H and O–H groups in total. The fourth-order valence-corrected chi connectivity index (χ4v) is 6.75. The molecule has 3 aliphatic heterocycles. The minimum Gasteiger partial charge on any atom is -0.376 e. The Bertz CT molecular complexity index is 786. The normalized spacial score (nSPS) is 30.7. The van der Waals surface area contributed by atoms with E-state index < -0.39 is 27.4 Å². The molecule has 29 heavy (non-hydrogen) atoms. The Hall–Kier alpha value is -1.68. The van der Waals surface area contributed by atoms with Crippen molar-refractivity contribution in [3.8, 4) is 0 Å². The van der Waals surface area contributed by atoms with Crippen molar-refractivity contribution in [3.05, 3.63) is 0 Å². The van der Waals surface area contributed by atoms with Crippen molar-refractivity contribution in [1.29, 1.82) is 0 Å². The maximum atomic E-state index is 13.1. The molecule has 162 valence electrons. The van der Waals surface area contributed by atoms with Gasteiger partial charge in [-0.15, -0.1) is 0 Å². The van der Waals surface area contributed by atoms with Crippen LogP contribution in [0.4, 0.5) is 4.79 Å². The molecule has 3 saturated heterocycles. The molecule has 4 fully saturated rings. The van der Waals surface area contributed by atoms with E-state index in [1.807, 2.05) is 0 Å². The lowest BCUT2D eigenvalue weighted by molar-refractivity contribution is -0.141. The van der Waals surface area contributed by atoms with Gasteiger partial charge in [0.05, 0.1) is 17.6 Å². The molecule has 0 aromatic heterocycles. The fourth-order valence-electron chi connectivity index (χ4n) is 5.02. The van der Waals surface area contributed by atoms with Crippen LogP contribution in [-0.2, 0) is 24.2 Å². The molecule has 1 aliphatic carbocycles. The molecule has 0 aromatic rings. The van der Waals surface area contributed by atoms with Crippen LogP contribution in [0, 0.1) is 0 Å². The summed E-state index contributed by atoms with van der Waals surface area (Å²) in [5.74, 6) is -0.736. The molecule has 4 rings (SSSR count). The lowest BCUT2D eigenvalue weighted by Crippen LogP contribution is -2.51. The van der Waals surface area contributed by atoms with E-state index in [0.717, 1.165) is 37.0 Å². The predicted molar refractivity (Wildman–Crippen MR) is 104 cm³/mol. The van der Waals surface area contributed by atoms with Crippen LogP contribution in [0.2, 0.25) is 0 Å². The molecule has 0 radical (unpaired) electrons. The first-order chi connectivity index (χ1) is 13.8. The Morgan fingerprint density at radius 1 is 1.17 bits per heavy atom. The highest BCUT2D eigenvalue weighted by molar-refractivity contribution is 7.91. The van der Waals surface area contributed by atoms with Gasteiger partial charge in [-0.3, -0.25) is 14.5 Å². The van der Waals surface area contributed by atoms with Crippen LogP contribution in [0.5, 0.6) is 0 Å². The Kier molecular flexibility index (Phi) is 5.58. The number of carbonyl (C=O) groups is 3. The number of nitrogens with one attached hydrogen (secondary N) is 1. The van der Waals surface area contributed by atoms with Gasteiger partial charge in [0.25, 0.3) is 5.91 Å². The van der Waals surface area contributed by atoms with Crippen LogP contribution in [-0.4, -0.2) is 84.9 Å². The third kappa shape index (κ3) is 4.14. The van der Waals surface area contributed by atoms with Crippen molar-refractivity contribution in [3.63, 3.8) is 0 Å². The van der Waals surface area contributed by atoms with Crippen molar-refractivity contribution in [1.82, 2.24) is 15.1 Å². The minimum absolute atomic E-state index is 0.0548. The third-order valence-electron chi connectivity index (χ3n) is 6.64. The van der Waals surface area contributed by atoms with Gasteiger partial charge in [0.1, 0.15) is 12.1 Å². The zero-order valence-corrected chi connectivity index (χ0v) is 17.4. The maximum Gasteiger partial charge on any atom is 0.325 e. The molecule has 2 atom stereocenters. The van der Waals surface area contributed by atoms with Crippen LogP contribution in [0.3, 0.4) is 0 Å². The minimum atomic E-state index is -3.17. The van der Waals surface area contributed by atoms with E-state index in [0.29, 0.717) is 32.4 Å². The van der Waals surface area contributed by atoms with Crippen molar-refractivity contribution in [2.24, 2.45) is 0 Å². The summed E-state index contributed by atoms with van der Waals surface area (Å²) >= 11 is 0. The Labute approximate surface area is 171 Å². The SMILES string of the molecule is O=C1NC2(CCCCC2)C(=O)N1CC(=O)N(C[C@H]1CCCO1)[C@H]1CCS(=O)(=O)C1. The van der Waals surface area contributed by atoms with E-state index in [-0.39, 0.29) is 36.0 Å². The second-order valence-electron chi connectivity index (χ2n) is 8.70. The van der Waals surface area contributed by atoms with Crippen molar-refractivity contribution < 1.29 is 27.5 Å². The molecule has 4 amide bonds. The van der Waals surface area contributed by atoms with Gasteiger partial charge in [0, 0.05) is 19.2 Å². The van der Waals surface area contributed by atoms with E-state index in [1.54, 1.807) is 0 Å². The quantitative estimate of drug-likeness (QED) is 0.637. The summed E-state index contributed by atoms with van der Waals surface area (Å²) in [5.41, 5.74) is -0.869. The number of hydrogen-bond donors (Lipinski definition) is 1. The smallest absolute Gasteiger partial charge is 0.325 e. The molecule has 3 heterocycles. The van der Waals surface area contributed by atoms with Crippen LogP contribution in [0.25, 0.3) is 0 Å². The Balaban J connectivity index is 1.48. The first-order valence-corrected chi connectivity index (χ1v) is 12.4. The zero-order valence-electron chi connectivity index (χ0n) is 16.6. The highest BCUT2D eigenvalue weighted by atomic mass is 32.2. The average Bonchev–Trinajstić information content (AvgIpc) is 3.37. The summed E-state index contributed by atoms with van der Waals surface area (Å²) in [5, 5.41) is 2.82. The van der Waals surface area contributed by atoms with Gasteiger partial charge in [0.15, 0.2) is 9.84 Å². The largest absolute Gasteiger partial charge is 0.376 e. The molecule has 1 spiro atoms. The van der Waals surface area contributed by atoms with Crippen LogP contribution in [0.15, 0.2) is 0 Å². The van der Waals surface area contributed by atoms with Gasteiger partial charge >= 0.3 is 6.03 Å². The molecule has 0 aromatic carbocycles. The van der Waals surface area contributed by atoms with Gasteiger partial charge < -0.3 is 15.0 Å². The molecule has 9 nitrogen and oxygen atoms in total. The molecule has 1 saturated carbocycles. The Morgan fingerprint density at radius 2 is 1.93 bits per heavy atom. The highest BCUT2D eigenvalue weighted by Gasteiger charge is 2.52. The topological polar surface area (TPSA) is 113 Å². The summed E-state index contributed by atoms with van der Waals surface area (Å²) in [6.45, 7) is 0.578. The highest BCUT2D eigenvalue weighted by Crippen LogP contribution is 2.33. The second-order valence-corrected chi connectivity index (χ2v) is 10.9. The average molecular weight is 428 g/mol. The third-order valence-corrected chi connectivity index (χ3v) is 8.39. The van der Waals surface area contributed by atoms with Crippen molar-refractivity contribution in [2.75, 3.05) is 31.2 Å². The van der Waals surface area contributed by atoms with Gasteiger partial charge in [-0.25, -0.2) is 13.2 Å². The molecule has 4 aliphatic rings. The molecule has 10 heteroatoms. The lowest BCUT2D eigenvalue weighted by Gasteiger charge is -2.32. The van der Waals surface area contributed by atoms with Crippen LogP contribution >= 0.6 is 0 Å². The van der Waals surface area contributed by atoms with Crippen LogP contribution < -0.4 is 5.32 Å². The molecule has 0 bridgehead atoms. The summed E-state index contributed by atoms with van der Waals surface area (Å²) in [6, 6.07) is -0.956. The number of imide groups is 1. The van der Waals surface area contributed by atoms with E-state index in [2.05, 4.69) is 5.32 Å². The monoisotopic (exact) mass is 427 g/mol. The number of hydrogen-bond acceptors (Lipinski definition) is 6. The van der Waals surface area contributed by atoms with Gasteiger partial charge in [0.2, 0.25) is 5.91 Å². The number of carbonyl (C=O) groups excluding carboxylic acids is 3. The Morgan fingerprint density at radius 3 is 2.55 bits per heavy atom. The van der Waals surface area contributed by atoms with Crippen molar-refractivity contribution >= 4 is 27.7 Å². The maximum absolute atomic E-state index is 13.1. The summed E-state index contributed by atoms with van der Waals surface area (Å²) < 4.78 is 29.6. The first kappa shape index (κ1) is 20.6. The van der Waals surface area contributed by atoms with E-state index in [4.69, 9.17) is 4.74 Å². The summed E-state index contributed by atoms with van der Waals surface area (Å²) in [6.07, 6.45) is 5.96. The fraction of sp³-hybridized carbons (Fsp3) is 0.842. The van der Waals surface area contributed by atoms with Gasteiger partial charge in [-0.05, 0) is 32.1 Å². The number of urea groups is 1. The molecule has 0 unspecified atom stereocenters. The van der Waals surface area contributed by atoms with E-state index in [1.165, 1.54) is 4.90 Å². The number of ether oxygens (including phenoxy) is 1. The lowest BCUT2D eigenvalue weighted by atomic mass is 9.82. The number of sulfone groups is 1. The second kappa shape index (κ2) is 7.86. The number of rotatable bonds is 5. The molecular formula is C19H29N3O6S. The van der Waals surface area contributed by atoms with Gasteiger partial charge in [-0.1, -0.05) is 19.3 Å².